The molecule has 0 fully saturated rings. The molecule has 0 radical (unpaired) electrons. The molecule has 0 aliphatic heterocycles. The Morgan fingerprint density at radius 1 is 1.00 bits per heavy atom. The van der Waals surface area contributed by atoms with Crippen molar-refractivity contribution in [2.45, 2.75) is 58.2 Å². The number of carboxylic acid groups (broad SMARTS) is 1. The van der Waals surface area contributed by atoms with Crippen LogP contribution in [0.25, 0.3) is 0 Å². The molecule has 0 aliphatic rings. The largest absolute Gasteiger partial charge is 0.480 e. The zero-order valence-corrected chi connectivity index (χ0v) is 17.7. The predicted octanol–water partition coefficient (Wildman–Crippen LogP) is 0.183. The highest BCUT2D eigenvalue weighted by molar-refractivity contribution is 5.93. The van der Waals surface area contributed by atoms with E-state index in [1.165, 1.54) is 6.92 Å². The molecule has 1 aromatic rings. The molecule has 0 aliphatic carbocycles. The highest BCUT2D eigenvalue weighted by Gasteiger charge is 2.29. The third-order valence-electron chi connectivity index (χ3n) is 4.83. The summed E-state index contributed by atoms with van der Waals surface area (Å²) in [4.78, 5) is 48.6. The molecule has 30 heavy (non-hydrogen) atoms. The summed E-state index contributed by atoms with van der Waals surface area (Å²) in [6, 6.07) is 6.22. The Kier molecular flexibility index (Phi) is 10.5. The van der Waals surface area contributed by atoms with Gasteiger partial charge in [0.25, 0.3) is 0 Å². The summed E-state index contributed by atoms with van der Waals surface area (Å²) in [7, 11) is 0. The van der Waals surface area contributed by atoms with Crippen LogP contribution in [-0.4, -0.2) is 53.5 Å². The molecule has 4 atom stereocenters. The molecule has 1 aromatic carbocycles. The lowest BCUT2D eigenvalue weighted by Gasteiger charge is -2.24. The number of hydrogen-bond acceptors (Lipinski definition) is 5. The maximum Gasteiger partial charge on any atom is 0.326 e. The van der Waals surface area contributed by atoms with E-state index in [9.17, 15) is 24.3 Å². The lowest BCUT2D eigenvalue weighted by molar-refractivity contribution is -0.143. The first-order chi connectivity index (χ1) is 14.2. The van der Waals surface area contributed by atoms with E-state index in [0.29, 0.717) is 6.42 Å². The van der Waals surface area contributed by atoms with Gasteiger partial charge in [-0.15, -0.1) is 0 Å². The fraction of sp³-hybridized carbons (Fsp3) is 0.524. The minimum absolute atomic E-state index is 0.0732. The van der Waals surface area contributed by atoms with Gasteiger partial charge in [-0.1, -0.05) is 50.6 Å². The molecule has 1 rings (SSSR count). The van der Waals surface area contributed by atoms with Gasteiger partial charge in [-0.3, -0.25) is 14.4 Å². The van der Waals surface area contributed by atoms with Crippen molar-refractivity contribution in [3.05, 3.63) is 35.9 Å². The fourth-order valence-corrected chi connectivity index (χ4v) is 2.80. The van der Waals surface area contributed by atoms with Crippen molar-refractivity contribution in [3.63, 3.8) is 0 Å². The van der Waals surface area contributed by atoms with Gasteiger partial charge in [-0.05, 0) is 18.4 Å². The summed E-state index contributed by atoms with van der Waals surface area (Å²) in [6.45, 7) is 5.17. The molecule has 0 saturated heterocycles. The summed E-state index contributed by atoms with van der Waals surface area (Å²) in [5, 5.41) is 17.0. The van der Waals surface area contributed by atoms with Gasteiger partial charge < -0.3 is 26.8 Å². The highest BCUT2D eigenvalue weighted by Crippen LogP contribution is 2.08. The molecule has 9 nitrogen and oxygen atoms in total. The third-order valence-corrected chi connectivity index (χ3v) is 4.83. The Morgan fingerprint density at radius 2 is 1.63 bits per heavy atom. The average Bonchev–Trinajstić information content (AvgIpc) is 2.71. The van der Waals surface area contributed by atoms with Crippen LogP contribution in [0.4, 0.5) is 0 Å². The number of carbonyl (C=O) groups excluding carboxylic acids is 3. The maximum absolute atomic E-state index is 12.8. The van der Waals surface area contributed by atoms with Crippen LogP contribution in [0.3, 0.4) is 0 Å². The first-order valence-corrected chi connectivity index (χ1v) is 10.1. The molecule has 3 amide bonds. The van der Waals surface area contributed by atoms with Crippen LogP contribution in [0.5, 0.6) is 0 Å². The average molecular weight is 421 g/mol. The topological polar surface area (TPSA) is 151 Å². The number of aliphatic carboxylic acids is 1. The second-order valence-corrected chi connectivity index (χ2v) is 7.29. The quantitative estimate of drug-likeness (QED) is 0.325. The van der Waals surface area contributed by atoms with Crippen molar-refractivity contribution < 1.29 is 24.3 Å². The SMILES string of the molecule is CC[C@H](C)[C@H](NC(=O)[C@H](C)NC(=O)[C@H](Cc1ccccc1)NC(=O)CCN)C(=O)O. The van der Waals surface area contributed by atoms with Gasteiger partial charge >= 0.3 is 5.97 Å². The molecule has 166 valence electrons. The number of hydrogen-bond donors (Lipinski definition) is 5. The molecule has 0 unspecified atom stereocenters. The van der Waals surface area contributed by atoms with Crippen molar-refractivity contribution in [3.8, 4) is 0 Å². The minimum Gasteiger partial charge on any atom is -0.480 e. The van der Waals surface area contributed by atoms with E-state index in [2.05, 4.69) is 16.0 Å². The van der Waals surface area contributed by atoms with Crippen LogP contribution in [0.15, 0.2) is 30.3 Å². The van der Waals surface area contributed by atoms with Gasteiger partial charge in [0.15, 0.2) is 0 Å². The molecule has 9 heteroatoms. The lowest BCUT2D eigenvalue weighted by Crippen LogP contribution is -2.56. The number of nitrogens with two attached hydrogens (primary N) is 1. The Morgan fingerprint density at radius 3 is 2.17 bits per heavy atom. The van der Waals surface area contributed by atoms with Gasteiger partial charge in [-0.25, -0.2) is 4.79 Å². The number of carboxylic acids is 1. The van der Waals surface area contributed by atoms with Crippen LogP contribution in [0, 0.1) is 5.92 Å². The number of rotatable bonds is 12. The van der Waals surface area contributed by atoms with Gasteiger partial charge in [0, 0.05) is 19.4 Å². The zero-order valence-electron chi connectivity index (χ0n) is 17.7. The monoisotopic (exact) mass is 420 g/mol. The van der Waals surface area contributed by atoms with Gasteiger partial charge in [-0.2, -0.15) is 0 Å². The second-order valence-electron chi connectivity index (χ2n) is 7.29. The van der Waals surface area contributed by atoms with E-state index < -0.39 is 35.9 Å². The Labute approximate surface area is 176 Å². The van der Waals surface area contributed by atoms with E-state index in [1.807, 2.05) is 37.3 Å². The van der Waals surface area contributed by atoms with Crippen LogP contribution < -0.4 is 21.7 Å². The molecule has 6 N–H and O–H groups in total. The Hall–Kier alpha value is -2.94. The van der Waals surface area contributed by atoms with Crippen LogP contribution >= 0.6 is 0 Å². The van der Waals surface area contributed by atoms with Crippen molar-refractivity contribution in [1.82, 2.24) is 16.0 Å². The molecule has 0 bridgehead atoms. The smallest absolute Gasteiger partial charge is 0.326 e. The molecular weight excluding hydrogens is 388 g/mol. The first-order valence-electron chi connectivity index (χ1n) is 10.1. The Bertz CT molecular complexity index is 725. The van der Waals surface area contributed by atoms with E-state index >= 15 is 0 Å². The second kappa shape index (κ2) is 12.6. The van der Waals surface area contributed by atoms with Gasteiger partial charge in [0.2, 0.25) is 17.7 Å². The van der Waals surface area contributed by atoms with Crippen molar-refractivity contribution in [2.24, 2.45) is 11.7 Å². The summed E-state index contributed by atoms with van der Waals surface area (Å²) >= 11 is 0. The summed E-state index contributed by atoms with van der Waals surface area (Å²) in [6.07, 6.45) is 0.885. The van der Waals surface area contributed by atoms with Crippen molar-refractivity contribution in [1.29, 1.82) is 0 Å². The summed E-state index contributed by atoms with van der Waals surface area (Å²) < 4.78 is 0. The summed E-state index contributed by atoms with van der Waals surface area (Å²) in [5.41, 5.74) is 6.24. The highest BCUT2D eigenvalue weighted by atomic mass is 16.4. The zero-order chi connectivity index (χ0) is 22.7. The standard InChI is InChI=1S/C21H32N4O5/c1-4-13(2)18(21(29)30)25-19(27)14(3)23-20(28)16(24-17(26)10-11-22)12-15-8-6-5-7-9-15/h5-9,13-14,16,18H,4,10-12,22H2,1-3H3,(H,23,28)(H,24,26)(H,25,27)(H,29,30)/t13-,14-,16-,18-/m0/s1. The molecule has 0 saturated carbocycles. The molecule has 0 heterocycles. The van der Waals surface area contributed by atoms with Crippen LogP contribution in [0.1, 0.15) is 39.2 Å². The number of carbonyl (C=O) groups is 4. The van der Waals surface area contributed by atoms with E-state index in [1.54, 1.807) is 6.92 Å². The maximum atomic E-state index is 12.8. The van der Waals surface area contributed by atoms with Crippen molar-refractivity contribution in [2.75, 3.05) is 6.54 Å². The van der Waals surface area contributed by atoms with E-state index in [-0.39, 0.29) is 31.2 Å². The van der Waals surface area contributed by atoms with Gasteiger partial charge in [0.05, 0.1) is 0 Å². The molecule has 0 spiro atoms. The number of benzene rings is 1. The third kappa shape index (κ3) is 8.20. The van der Waals surface area contributed by atoms with Crippen LogP contribution in [-0.2, 0) is 25.6 Å². The first kappa shape index (κ1) is 25.1. The predicted molar refractivity (Wildman–Crippen MR) is 112 cm³/mol. The van der Waals surface area contributed by atoms with Gasteiger partial charge in [0.1, 0.15) is 18.1 Å². The van der Waals surface area contributed by atoms with Crippen LogP contribution in [0.2, 0.25) is 0 Å². The summed E-state index contributed by atoms with van der Waals surface area (Å²) in [5.74, 6) is -2.92. The number of nitrogens with one attached hydrogen (secondary N) is 3. The molecule has 0 aromatic heterocycles. The number of amides is 3. The van der Waals surface area contributed by atoms with E-state index in [4.69, 9.17) is 5.73 Å². The minimum atomic E-state index is -1.13. The molecular formula is C21H32N4O5. The normalized spacial score (nSPS) is 14.7. The lowest BCUT2D eigenvalue weighted by atomic mass is 9.99. The van der Waals surface area contributed by atoms with Crippen molar-refractivity contribution >= 4 is 23.7 Å². The fourth-order valence-electron chi connectivity index (χ4n) is 2.80. The Balaban J connectivity index is 2.83. The van der Waals surface area contributed by atoms with E-state index in [0.717, 1.165) is 5.56 Å².